The molecule has 0 heterocycles. The van der Waals surface area contributed by atoms with E-state index in [0.717, 1.165) is 0 Å². The fourth-order valence-electron chi connectivity index (χ4n) is 1.68. The topological polar surface area (TPSA) is 27.7 Å². The maximum Gasteiger partial charge on any atom is 0.390 e. The molecular weight excluding hydrogens is 285 g/mol. The largest absolute Gasteiger partial charge is 0.493 e. The highest BCUT2D eigenvalue weighted by Crippen LogP contribution is 2.46. The van der Waals surface area contributed by atoms with Gasteiger partial charge in [-0.1, -0.05) is 0 Å². The molecule has 3 nitrogen and oxygen atoms in total. The van der Waals surface area contributed by atoms with Crippen LogP contribution in [0.25, 0.3) is 0 Å². The van der Waals surface area contributed by atoms with Crippen LogP contribution in [0.1, 0.15) is 17.4 Å². The van der Waals surface area contributed by atoms with Gasteiger partial charge >= 0.3 is 6.18 Å². The molecule has 0 aromatic heterocycles. The van der Waals surface area contributed by atoms with Gasteiger partial charge in [0.25, 0.3) is 0 Å². The van der Waals surface area contributed by atoms with Gasteiger partial charge in [-0.15, -0.1) is 11.6 Å². The second-order valence-electron chi connectivity index (χ2n) is 3.71. The van der Waals surface area contributed by atoms with Crippen LogP contribution in [0.5, 0.6) is 17.2 Å². The van der Waals surface area contributed by atoms with E-state index < -0.39 is 18.0 Å². The zero-order valence-electron chi connectivity index (χ0n) is 10.7. The number of benzene rings is 1. The summed E-state index contributed by atoms with van der Waals surface area (Å²) in [6.45, 7) is 0. The van der Waals surface area contributed by atoms with E-state index in [4.69, 9.17) is 25.8 Å². The smallest absolute Gasteiger partial charge is 0.390 e. The Bertz CT molecular complexity index is 435. The molecule has 0 radical (unpaired) electrons. The van der Waals surface area contributed by atoms with Crippen LogP contribution in [0.4, 0.5) is 13.2 Å². The number of halogens is 4. The fourth-order valence-corrected chi connectivity index (χ4v) is 2.03. The average Bonchev–Trinajstić information content (AvgIpc) is 2.34. The second-order valence-corrected chi connectivity index (χ2v) is 4.24. The molecule has 0 amide bonds. The Morgan fingerprint density at radius 3 is 2.05 bits per heavy atom. The van der Waals surface area contributed by atoms with E-state index in [9.17, 15) is 13.2 Å². The van der Waals surface area contributed by atoms with Gasteiger partial charge in [-0.05, 0) is 12.1 Å². The predicted octanol–water partition coefficient (Wildman–Crippen LogP) is 3.94. The molecule has 108 valence electrons. The van der Waals surface area contributed by atoms with E-state index in [-0.39, 0.29) is 17.1 Å². The minimum Gasteiger partial charge on any atom is -0.493 e. The first-order chi connectivity index (χ1) is 8.84. The SMILES string of the molecule is COc1ccc(C(Cl)CC(F)(F)F)c(OC)c1OC. The van der Waals surface area contributed by atoms with Gasteiger partial charge in [0.15, 0.2) is 11.5 Å². The quantitative estimate of drug-likeness (QED) is 0.771. The molecule has 1 aromatic carbocycles. The molecular formula is C12H14ClF3O3. The summed E-state index contributed by atoms with van der Waals surface area (Å²) in [5.41, 5.74) is 0.208. The Labute approximate surface area is 114 Å². The van der Waals surface area contributed by atoms with Crippen molar-refractivity contribution in [1.29, 1.82) is 0 Å². The monoisotopic (exact) mass is 298 g/mol. The minimum absolute atomic E-state index is 0.145. The van der Waals surface area contributed by atoms with Gasteiger partial charge in [0, 0.05) is 5.56 Å². The fraction of sp³-hybridized carbons (Fsp3) is 0.500. The normalized spacial score (nSPS) is 13.0. The van der Waals surface area contributed by atoms with Crippen molar-refractivity contribution in [2.24, 2.45) is 0 Å². The predicted molar refractivity (Wildman–Crippen MR) is 65.4 cm³/mol. The van der Waals surface area contributed by atoms with E-state index in [1.807, 2.05) is 0 Å². The third-order valence-electron chi connectivity index (χ3n) is 2.48. The molecule has 0 aliphatic carbocycles. The van der Waals surface area contributed by atoms with Gasteiger partial charge < -0.3 is 14.2 Å². The first-order valence-corrected chi connectivity index (χ1v) is 5.77. The lowest BCUT2D eigenvalue weighted by molar-refractivity contribution is -0.134. The van der Waals surface area contributed by atoms with E-state index in [2.05, 4.69) is 0 Å². The molecule has 0 fully saturated rings. The van der Waals surface area contributed by atoms with Crippen LogP contribution in [0, 0.1) is 0 Å². The average molecular weight is 299 g/mol. The summed E-state index contributed by atoms with van der Waals surface area (Å²) in [7, 11) is 4.12. The molecule has 0 aliphatic rings. The summed E-state index contributed by atoms with van der Waals surface area (Å²) < 4.78 is 52.3. The standard InChI is InChI=1S/C12H14ClF3O3/c1-17-9-5-4-7(8(13)6-12(14,15)16)10(18-2)11(9)19-3/h4-5,8H,6H2,1-3H3. The first kappa shape index (κ1) is 15.8. The highest BCUT2D eigenvalue weighted by molar-refractivity contribution is 6.21. The van der Waals surface area contributed by atoms with Crippen LogP contribution in [0.3, 0.4) is 0 Å². The molecule has 0 N–H and O–H groups in total. The van der Waals surface area contributed by atoms with Gasteiger partial charge in [-0.3, -0.25) is 0 Å². The van der Waals surface area contributed by atoms with Crippen LogP contribution in [0.15, 0.2) is 12.1 Å². The Morgan fingerprint density at radius 2 is 1.63 bits per heavy atom. The van der Waals surface area contributed by atoms with Crippen molar-refractivity contribution in [2.45, 2.75) is 18.0 Å². The lowest BCUT2D eigenvalue weighted by Gasteiger charge is -2.19. The van der Waals surface area contributed by atoms with Crippen LogP contribution in [-0.4, -0.2) is 27.5 Å². The number of ether oxygens (including phenoxy) is 3. The summed E-state index contributed by atoms with van der Waals surface area (Å²) in [6.07, 6.45) is -5.51. The highest BCUT2D eigenvalue weighted by Gasteiger charge is 2.33. The van der Waals surface area contributed by atoms with Gasteiger partial charge in [0.2, 0.25) is 5.75 Å². The molecule has 1 aromatic rings. The van der Waals surface area contributed by atoms with Gasteiger partial charge in [-0.2, -0.15) is 13.2 Å². The molecule has 0 spiro atoms. The Kier molecular flexibility index (Phi) is 5.17. The molecule has 0 aliphatic heterocycles. The van der Waals surface area contributed by atoms with Gasteiger partial charge in [0.05, 0.1) is 33.1 Å². The van der Waals surface area contributed by atoms with Crippen LogP contribution in [-0.2, 0) is 0 Å². The Morgan fingerprint density at radius 1 is 1.05 bits per heavy atom. The summed E-state index contributed by atoms with van der Waals surface area (Å²) in [6, 6.07) is 2.92. The van der Waals surface area contributed by atoms with E-state index >= 15 is 0 Å². The number of methoxy groups -OCH3 is 3. The molecule has 1 atom stereocenters. The van der Waals surface area contributed by atoms with Crippen LogP contribution >= 0.6 is 11.6 Å². The maximum atomic E-state index is 12.4. The number of hydrogen-bond donors (Lipinski definition) is 0. The van der Waals surface area contributed by atoms with Crippen LogP contribution < -0.4 is 14.2 Å². The maximum absolute atomic E-state index is 12.4. The summed E-state index contributed by atoms with van der Waals surface area (Å²) in [5, 5.41) is -1.25. The van der Waals surface area contributed by atoms with Gasteiger partial charge in [0.1, 0.15) is 0 Å². The summed E-state index contributed by atoms with van der Waals surface area (Å²) >= 11 is 5.80. The van der Waals surface area contributed by atoms with E-state index in [1.165, 1.54) is 33.5 Å². The van der Waals surface area contributed by atoms with E-state index in [0.29, 0.717) is 5.75 Å². The van der Waals surface area contributed by atoms with Crippen molar-refractivity contribution in [2.75, 3.05) is 21.3 Å². The van der Waals surface area contributed by atoms with Crippen molar-refractivity contribution in [3.05, 3.63) is 17.7 Å². The highest BCUT2D eigenvalue weighted by atomic mass is 35.5. The van der Waals surface area contributed by atoms with Crippen molar-refractivity contribution in [3.63, 3.8) is 0 Å². The molecule has 7 heteroatoms. The molecule has 1 rings (SSSR count). The molecule has 0 bridgehead atoms. The van der Waals surface area contributed by atoms with Crippen molar-refractivity contribution in [3.8, 4) is 17.2 Å². The third-order valence-corrected chi connectivity index (χ3v) is 2.87. The molecule has 19 heavy (non-hydrogen) atoms. The Hall–Kier alpha value is -1.30. The lowest BCUT2D eigenvalue weighted by atomic mass is 10.1. The second kappa shape index (κ2) is 6.23. The zero-order valence-corrected chi connectivity index (χ0v) is 11.4. The molecule has 0 saturated heterocycles. The van der Waals surface area contributed by atoms with Crippen molar-refractivity contribution < 1.29 is 27.4 Å². The van der Waals surface area contributed by atoms with Crippen molar-refractivity contribution in [1.82, 2.24) is 0 Å². The van der Waals surface area contributed by atoms with Crippen molar-refractivity contribution >= 4 is 11.6 Å². The minimum atomic E-state index is -4.36. The first-order valence-electron chi connectivity index (χ1n) is 5.33. The summed E-state index contributed by atoms with van der Waals surface area (Å²) in [4.78, 5) is 0. The summed E-state index contributed by atoms with van der Waals surface area (Å²) in [5.74, 6) is 0.723. The zero-order chi connectivity index (χ0) is 14.6. The Balaban J connectivity index is 3.21. The number of alkyl halides is 4. The van der Waals surface area contributed by atoms with Gasteiger partial charge in [-0.25, -0.2) is 0 Å². The third kappa shape index (κ3) is 3.83. The molecule has 0 saturated carbocycles. The number of hydrogen-bond acceptors (Lipinski definition) is 3. The molecule has 1 unspecified atom stereocenters. The van der Waals surface area contributed by atoms with E-state index in [1.54, 1.807) is 0 Å². The van der Waals surface area contributed by atoms with Crippen LogP contribution in [0.2, 0.25) is 0 Å². The lowest BCUT2D eigenvalue weighted by Crippen LogP contribution is -2.11. The number of rotatable bonds is 5.